The van der Waals surface area contributed by atoms with Crippen LogP contribution in [0.5, 0.6) is 5.75 Å². The Morgan fingerprint density at radius 1 is 1.17 bits per heavy atom. The number of ether oxygens (including phenoxy) is 1. The van der Waals surface area contributed by atoms with Crippen LogP contribution in [0.25, 0.3) is 28.1 Å². The molecule has 152 valence electrons. The largest absolute Gasteiger partial charge is 0.497 e. The summed E-state index contributed by atoms with van der Waals surface area (Å²) < 4.78 is 6.83. The van der Waals surface area contributed by atoms with E-state index in [1.54, 1.807) is 17.8 Å². The molecule has 1 fully saturated rings. The van der Waals surface area contributed by atoms with E-state index in [1.165, 1.54) is 0 Å². The normalized spacial score (nSPS) is 17.0. The lowest BCUT2D eigenvalue weighted by molar-refractivity contribution is -0.121. The van der Waals surface area contributed by atoms with Crippen molar-refractivity contribution in [3.63, 3.8) is 0 Å². The number of hydrogen-bond donors (Lipinski definition) is 3. The molecule has 1 atom stereocenters. The second-order valence-corrected chi connectivity index (χ2v) is 6.90. The van der Waals surface area contributed by atoms with Gasteiger partial charge in [0.25, 0.3) is 0 Å². The van der Waals surface area contributed by atoms with Crippen LogP contribution in [0.15, 0.2) is 42.6 Å². The van der Waals surface area contributed by atoms with Gasteiger partial charge < -0.3 is 20.7 Å². The lowest BCUT2D eigenvalue weighted by Crippen LogP contribution is -2.42. The highest BCUT2D eigenvalue weighted by Gasteiger charge is 2.23. The molecule has 1 aromatic carbocycles. The van der Waals surface area contributed by atoms with Crippen molar-refractivity contribution in [1.29, 1.82) is 0 Å². The standard InChI is InChI=1S/C20H20N8O2/c1-30-13-6-4-12(5-7-13)17-26-18-16-14(3-2-8-22-16)24-20(28(18)27-17)25-15-11-21-9-10-23-19(15)29/h2-8,15,21H,9-11H2,1H3,(H,23,29)(H,24,25)/t15-/m1/s1. The topological polar surface area (TPSA) is 118 Å². The number of amides is 1. The molecule has 4 heterocycles. The summed E-state index contributed by atoms with van der Waals surface area (Å²) in [6.07, 6.45) is 1.70. The Labute approximate surface area is 171 Å². The number of carbonyl (C=O) groups excluding carboxylic acids is 1. The van der Waals surface area contributed by atoms with Crippen molar-refractivity contribution in [2.45, 2.75) is 6.04 Å². The van der Waals surface area contributed by atoms with E-state index in [1.807, 2.05) is 36.4 Å². The van der Waals surface area contributed by atoms with Gasteiger partial charge in [-0.25, -0.2) is 9.97 Å². The summed E-state index contributed by atoms with van der Waals surface area (Å²) in [5, 5.41) is 14.0. The van der Waals surface area contributed by atoms with E-state index >= 15 is 0 Å². The van der Waals surface area contributed by atoms with Crippen molar-refractivity contribution < 1.29 is 9.53 Å². The summed E-state index contributed by atoms with van der Waals surface area (Å²) in [7, 11) is 1.62. The molecule has 0 spiro atoms. The van der Waals surface area contributed by atoms with Gasteiger partial charge in [-0.15, -0.1) is 5.10 Å². The quantitative estimate of drug-likeness (QED) is 0.458. The second kappa shape index (κ2) is 7.56. The molecule has 3 aromatic heterocycles. The number of pyridine rings is 1. The number of rotatable bonds is 4. The van der Waals surface area contributed by atoms with Gasteiger partial charge in [-0.05, 0) is 36.4 Å². The van der Waals surface area contributed by atoms with Gasteiger partial charge >= 0.3 is 0 Å². The zero-order valence-electron chi connectivity index (χ0n) is 16.3. The molecule has 1 saturated heterocycles. The Bertz CT molecular complexity index is 1220. The fourth-order valence-corrected chi connectivity index (χ4v) is 3.40. The van der Waals surface area contributed by atoms with Crippen molar-refractivity contribution in [1.82, 2.24) is 35.2 Å². The SMILES string of the molecule is COc1ccc(-c2nc3c4ncccc4nc(N[C@@H]4CNCCNC4=O)n3n2)cc1. The predicted octanol–water partition coefficient (Wildman–Crippen LogP) is 0.848. The molecule has 1 amide bonds. The molecule has 0 unspecified atom stereocenters. The van der Waals surface area contributed by atoms with E-state index < -0.39 is 6.04 Å². The highest BCUT2D eigenvalue weighted by Crippen LogP contribution is 2.24. The van der Waals surface area contributed by atoms with E-state index in [2.05, 4.69) is 31.0 Å². The monoisotopic (exact) mass is 404 g/mol. The number of benzene rings is 1. The zero-order chi connectivity index (χ0) is 20.5. The molecule has 4 aromatic rings. The highest BCUT2D eigenvalue weighted by atomic mass is 16.5. The Balaban J connectivity index is 1.63. The van der Waals surface area contributed by atoms with Gasteiger partial charge in [-0.2, -0.15) is 4.52 Å². The lowest BCUT2D eigenvalue weighted by Gasteiger charge is -2.16. The molecule has 10 nitrogen and oxygen atoms in total. The van der Waals surface area contributed by atoms with Crippen molar-refractivity contribution >= 4 is 28.5 Å². The molecule has 10 heteroatoms. The average Bonchev–Trinajstić information content (AvgIpc) is 3.14. The first kappa shape index (κ1) is 18.3. The fourth-order valence-electron chi connectivity index (χ4n) is 3.40. The minimum absolute atomic E-state index is 0.0864. The fraction of sp³-hybridized carbons (Fsp3) is 0.250. The molecule has 3 N–H and O–H groups in total. The average molecular weight is 404 g/mol. The number of hydrogen-bond acceptors (Lipinski definition) is 8. The van der Waals surface area contributed by atoms with Crippen molar-refractivity contribution in [3.8, 4) is 17.1 Å². The summed E-state index contributed by atoms with van der Waals surface area (Å²) in [6, 6.07) is 10.7. The summed E-state index contributed by atoms with van der Waals surface area (Å²) in [5.74, 6) is 1.63. The maximum atomic E-state index is 12.4. The molecule has 0 saturated carbocycles. The number of fused-ring (bicyclic) bond motifs is 3. The van der Waals surface area contributed by atoms with Crippen LogP contribution in [0.4, 0.5) is 5.95 Å². The molecule has 5 rings (SSSR count). The Kier molecular flexibility index (Phi) is 4.60. The van der Waals surface area contributed by atoms with E-state index in [-0.39, 0.29) is 5.91 Å². The van der Waals surface area contributed by atoms with Crippen LogP contribution in [0.2, 0.25) is 0 Å². The number of nitrogens with one attached hydrogen (secondary N) is 3. The van der Waals surface area contributed by atoms with Crippen LogP contribution in [-0.4, -0.2) is 63.3 Å². The second-order valence-electron chi connectivity index (χ2n) is 6.90. The first-order valence-electron chi connectivity index (χ1n) is 9.64. The smallest absolute Gasteiger partial charge is 0.243 e. The Morgan fingerprint density at radius 3 is 2.87 bits per heavy atom. The van der Waals surface area contributed by atoms with Gasteiger partial charge in [0.05, 0.1) is 12.6 Å². The summed E-state index contributed by atoms with van der Waals surface area (Å²) in [5.41, 5.74) is 2.71. The van der Waals surface area contributed by atoms with Crippen molar-refractivity contribution in [2.75, 3.05) is 32.1 Å². The molecular formula is C20H20N8O2. The molecule has 0 aliphatic carbocycles. The van der Waals surface area contributed by atoms with Gasteiger partial charge in [0.2, 0.25) is 11.9 Å². The van der Waals surface area contributed by atoms with Crippen LogP contribution in [0, 0.1) is 0 Å². The molecule has 30 heavy (non-hydrogen) atoms. The third kappa shape index (κ3) is 3.26. The highest BCUT2D eigenvalue weighted by molar-refractivity contribution is 5.90. The molecule has 0 bridgehead atoms. The van der Waals surface area contributed by atoms with Crippen LogP contribution in [0.1, 0.15) is 0 Å². The number of nitrogens with zero attached hydrogens (tertiary/aromatic N) is 5. The van der Waals surface area contributed by atoms with Crippen LogP contribution >= 0.6 is 0 Å². The maximum Gasteiger partial charge on any atom is 0.243 e. The minimum Gasteiger partial charge on any atom is -0.497 e. The van der Waals surface area contributed by atoms with Gasteiger partial charge in [0, 0.05) is 31.4 Å². The number of aromatic nitrogens is 5. The van der Waals surface area contributed by atoms with Gasteiger partial charge in [-0.3, -0.25) is 9.78 Å². The zero-order valence-corrected chi connectivity index (χ0v) is 16.3. The van der Waals surface area contributed by atoms with E-state index in [9.17, 15) is 4.79 Å². The molecular weight excluding hydrogens is 384 g/mol. The third-order valence-corrected chi connectivity index (χ3v) is 4.95. The minimum atomic E-state index is -0.481. The van der Waals surface area contributed by atoms with Crippen molar-refractivity contribution in [3.05, 3.63) is 42.6 Å². The van der Waals surface area contributed by atoms with E-state index in [0.29, 0.717) is 41.5 Å². The number of methoxy groups -OCH3 is 1. The Hall–Kier alpha value is -3.79. The molecule has 0 radical (unpaired) electrons. The first-order chi connectivity index (χ1) is 14.7. The summed E-state index contributed by atoms with van der Waals surface area (Å²) in [4.78, 5) is 26.2. The number of carbonyl (C=O) groups is 1. The maximum absolute atomic E-state index is 12.4. The third-order valence-electron chi connectivity index (χ3n) is 4.95. The van der Waals surface area contributed by atoms with E-state index in [0.717, 1.165) is 17.9 Å². The summed E-state index contributed by atoms with van der Waals surface area (Å²) in [6.45, 7) is 1.80. The molecule has 1 aliphatic heterocycles. The van der Waals surface area contributed by atoms with Gasteiger partial charge in [0.1, 0.15) is 17.3 Å². The predicted molar refractivity (Wildman–Crippen MR) is 111 cm³/mol. The van der Waals surface area contributed by atoms with Crippen LogP contribution < -0.4 is 20.7 Å². The Morgan fingerprint density at radius 2 is 2.03 bits per heavy atom. The lowest BCUT2D eigenvalue weighted by atomic mass is 10.2. The van der Waals surface area contributed by atoms with E-state index in [4.69, 9.17) is 9.72 Å². The number of anilines is 1. The first-order valence-corrected chi connectivity index (χ1v) is 9.64. The van der Waals surface area contributed by atoms with Crippen LogP contribution in [-0.2, 0) is 4.79 Å². The van der Waals surface area contributed by atoms with Gasteiger partial charge in [-0.1, -0.05) is 0 Å². The molecule has 1 aliphatic rings. The van der Waals surface area contributed by atoms with Crippen molar-refractivity contribution in [2.24, 2.45) is 0 Å². The summed E-state index contributed by atoms with van der Waals surface area (Å²) >= 11 is 0. The van der Waals surface area contributed by atoms with Crippen LogP contribution in [0.3, 0.4) is 0 Å². The van der Waals surface area contributed by atoms with Gasteiger partial charge in [0.15, 0.2) is 11.5 Å².